The SMILES string of the molecule is CCN1C(=O)NC2CC1(C)Oc1ccc(OC)cc12. The number of nitrogens with zero attached hydrogens (tertiary/aromatic N) is 1. The fraction of sp³-hybridized carbons (Fsp3) is 0.500. The Morgan fingerprint density at radius 2 is 2.37 bits per heavy atom. The Kier molecular flexibility index (Phi) is 2.59. The maximum Gasteiger partial charge on any atom is 0.320 e. The molecule has 1 fully saturated rings. The summed E-state index contributed by atoms with van der Waals surface area (Å²) in [6.45, 7) is 4.55. The Bertz CT molecular complexity index is 531. The highest BCUT2D eigenvalue weighted by molar-refractivity contribution is 5.77. The molecule has 5 nitrogen and oxygen atoms in total. The van der Waals surface area contributed by atoms with Gasteiger partial charge in [-0.2, -0.15) is 0 Å². The van der Waals surface area contributed by atoms with Crippen LogP contribution in [0.3, 0.4) is 0 Å². The number of fused-ring (bicyclic) bond motifs is 4. The molecule has 5 heteroatoms. The van der Waals surface area contributed by atoms with Crippen LogP contribution in [-0.2, 0) is 0 Å². The molecule has 2 aliphatic rings. The third kappa shape index (κ3) is 1.72. The van der Waals surface area contributed by atoms with Crippen molar-refractivity contribution in [1.82, 2.24) is 10.2 Å². The normalized spacial score (nSPS) is 28.3. The van der Waals surface area contributed by atoms with Crippen LogP contribution in [-0.4, -0.2) is 30.3 Å². The second-order valence-electron chi connectivity index (χ2n) is 5.13. The molecule has 2 unspecified atom stereocenters. The molecule has 1 N–H and O–H groups in total. The molecule has 0 aliphatic carbocycles. The van der Waals surface area contributed by atoms with Gasteiger partial charge in [0.05, 0.1) is 13.2 Å². The molecule has 2 heterocycles. The van der Waals surface area contributed by atoms with E-state index in [4.69, 9.17) is 9.47 Å². The predicted molar refractivity (Wildman–Crippen MR) is 70.3 cm³/mol. The monoisotopic (exact) mass is 262 g/mol. The molecule has 3 rings (SSSR count). The molecule has 2 aliphatic heterocycles. The average Bonchev–Trinajstić information content (AvgIpc) is 2.38. The van der Waals surface area contributed by atoms with E-state index in [1.807, 2.05) is 32.0 Å². The van der Waals surface area contributed by atoms with Crippen LogP contribution in [0.2, 0.25) is 0 Å². The van der Waals surface area contributed by atoms with Gasteiger partial charge in [0.15, 0.2) is 5.72 Å². The smallest absolute Gasteiger partial charge is 0.320 e. The van der Waals surface area contributed by atoms with Crippen molar-refractivity contribution >= 4 is 6.03 Å². The molecule has 1 aromatic rings. The quantitative estimate of drug-likeness (QED) is 0.889. The molecule has 0 radical (unpaired) electrons. The molecule has 19 heavy (non-hydrogen) atoms. The molecule has 2 bridgehead atoms. The van der Waals surface area contributed by atoms with E-state index in [9.17, 15) is 4.79 Å². The van der Waals surface area contributed by atoms with Gasteiger partial charge in [-0.1, -0.05) is 0 Å². The lowest BCUT2D eigenvalue weighted by Gasteiger charge is -2.50. The highest BCUT2D eigenvalue weighted by Gasteiger charge is 2.48. The fourth-order valence-electron chi connectivity index (χ4n) is 3.00. The number of methoxy groups -OCH3 is 1. The molecule has 102 valence electrons. The van der Waals surface area contributed by atoms with E-state index >= 15 is 0 Å². The van der Waals surface area contributed by atoms with E-state index in [1.54, 1.807) is 12.0 Å². The van der Waals surface area contributed by atoms with Gasteiger partial charge in [-0.15, -0.1) is 0 Å². The number of hydrogen-bond donors (Lipinski definition) is 1. The molecule has 1 aromatic carbocycles. The van der Waals surface area contributed by atoms with Crippen LogP contribution in [0.1, 0.15) is 31.9 Å². The van der Waals surface area contributed by atoms with Crippen LogP contribution in [0.5, 0.6) is 11.5 Å². The Labute approximate surface area is 112 Å². The number of rotatable bonds is 2. The van der Waals surface area contributed by atoms with Gasteiger partial charge < -0.3 is 14.8 Å². The minimum Gasteiger partial charge on any atom is -0.497 e. The van der Waals surface area contributed by atoms with Crippen molar-refractivity contribution in [3.05, 3.63) is 23.8 Å². The molecule has 0 aromatic heterocycles. The van der Waals surface area contributed by atoms with Crippen LogP contribution in [0.15, 0.2) is 18.2 Å². The number of nitrogens with one attached hydrogen (secondary N) is 1. The highest BCUT2D eigenvalue weighted by Crippen LogP contribution is 2.44. The largest absolute Gasteiger partial charge is 0.497 e. The molecule has 0 saturated carbocycles. The first-order valence-corrected chi connectivity index (χ1v) is 6.52. The van der Waals surface area contributed by atoms with Gasteiger partial charge in [-0.25, -0.2) is 4.79 Å². The Morgan fingerprint density at radius 1 is 1.58 bits per heavy atom. The molecular weight excluding hydrogens is 244 g/mol. The van der Waals surface area contributed by atoms with Gasteiger partial charge in [-0.3, -0.25) is 4.90 Å². The molecular formula is C14H18N2O3. The number of urea groups is 1. The first kappa shape index (κ1) is 12.1. The number of ether oxygens (including phenoxy) is 2. The second-order valence-corrected chi connectivity index (χ2v) is 5.13. The number of carbonyl (C=O) groups is 1. The second kappa shape index (κ2) is 4.05. The first-order chi connectivity index (χ1) is 9.07. The fourth-order valence-corrected chi connectivity index (χ4v) is 3.00. The topological polar surface area (TPSA) is 50.8 Å². The lowest BCUT2D eigenvalue weighted by molar-refractivity contribution is -0.0816. The van der Waals surface area contributed by atoms with Gasteiger partial charge in [-0.05, 0) is 32.0 Å². The van der Waals surface area contributed by atoms with Crippen LogP contribution >= 0.6 is 0 Å². The van der Waals surface area contributed by atoms with Crippen molar-refractivity contribution in [3.63, 3.8) is 0 Å². The molecule has 2 amide bonds. The summed E-state index contributed by atoms with van der Waals surface area (Å²) >= 11 is 0. The van der Waals surface area contributed by atoms with Crippen molar-refractivity contribution in [2.45, 2.75) is 32.0 Å². The van der Waals surface area contributed by atoms with Crippen LogP contribution in [0, 0.1) is 0 Å². The Hall–Kier alpha value is -1.91. The maximum atomic E-state index is 12.1. The van der Waals surface area contributed by atoms with Crippen LogP contribution in [0.4, 0.5) is 4.79 Å². The summed E-state index contributed by atoms with van der Waals surface area (Å²) in [5.74, 6) is 1.59. The van der Waals surface area contributed by atoms with Gasteiger partial charge in [0.1, 0.15) is 11.5 Å². The predicted octanol–water partition coefficient (Wildman–Crippen LogP) is 2.28. The van der Waals surface area contributed by atoms with Crippen LogP contribution < -0.4 is 14.8 Å². The summed E-state index contributed by atoms with van der Waals surface area (Å²) < 4.78 is 11.3. The minimum atomic E-state index is -0.566. The molecule has 1 saturated heterocycles. The molecule has 0 spiro atoms. The highest BCUT2D eigenvalue weighted by atomic mass is 16.5. The summed E-state index contributed by atoms with van der Waals surface area (Å²) in [7, 11) is 1.63. The summed E-state index contributed by atoms with van der Waals surface area (Å²) in [4.78, 5) is 13.8. The van der Waals surface area contributed by atoms with Crippen molar-refractivity contribution in [3.8, 4) is 11.5 Å². The minimum absolute atomic E-state index is 0.0147. The van der Waals surface area contributed by atoms with Crippen molar-refractivity contribution in [2.75, 3.05) is 13.7 Å². The van der Waals surface area contributed by atoms with E-state index in [-0.39, 0.29) is 12.1 Å². The lowest BCUT2D eigenvalue weighted by atomic mass is 9.90. The number of carbonyl (C=O) groups excluding carboxylic acids is 1. The maximum absolute atomic E-state index is 12.1. The summed E-state index contributed by atoms with van der Waals surface area (Å²) in [6.07, 6.45) is 0.743. The van der Waals surface area contributed by atoms with E-state index < -0.39 is 5.72 Å². The standard InChI is InChI=1S/C14H18N2O3/c1-4-16-13(17)15-11-8-14(16,2)19-12-6-5-9(18-3)7-10(11)12/h5-7,11H,4,8H2,1-3H3,(H,15,17). The van der Waals surface area contributed by atoms with E-state index in [2.05, 4.69) is 5.32 Å². The molecule has 2 atom stereocenters. The van der Waals surface area contributed by atoms with Crippen molar-refractivity contribution in [2.24, 2.45) is 0 Å². The third-order valence-electron chi connectivity index (χ3n) is 3.94. The van der Waals surface area contributed by atoms with Gasteiger partial charge in [0.25, 0.3) is 0 Å². The Morgan fingerprint density at radius 3 is 3.05 bits per heavy atom. The number of hydrogen-bond acceptors (Lipinski definition) is 3. The number of benzene rings is 1. The van der Waals surface area contributed by atoms with E-state index in [0.717, 1.165) is 23.5 Å². The van der Waals surface area contributed by atoms with E-state index in [0.29, 0.717) is 6.54 Å². The summed E-state index contributed by atoms with van der Waals surface area (Å²) in [5.41, 5.74) is 0.421. The van der Waals surface area contributed by atoms with Gasteiger partial charge in [0, 0.05) is 18.5 Å². The zero-order chi connectivity index (χ0) is 13.6. The zero-order valence-electron chi connectivity index (χ0n) is 11.4. The van der Waals surface area contributed by atoms with Crippen molar-refractivity contribution < 1.29 is 14.3 Å². The lowest BCUT2D eigenvalue weighted by Crippen LogP contribution is -2.64. The van der Waals surface area contributed by atoms with Gasteiger partial charge in [0.2, 0.25) is 0 Å². The summed E-state index contributed by atoms with van der Waals surface area (Å²) in [5, 5.41) is 3.03. The average molecular weight is 262 g/mol. The number of amides is 2. The zero-order valence-corrected chi connectivity index (χ0v) is 11.4. The van der Waals surface area contributed by atoms with Gasteiger partial charge >= 0.3 is 6.03 Å². The third-order valence-corrected chi connectivity index (χ3v) is 3.94. The first-order valence-electron chi connectivity index (χ1n) is 6.52. The van der Waals surface area contributed by atoms with E-state index in [1.165, 1.54) is 0 Å². The summed E-state index contributed by atoms with van der Waals surface area (Å²) in [6, 6.07) is 5.63. The Balaban J connectivity index is 2.05. The van der Waals surface area contributed by atoms with Crippen LogP contribution in [0.25, 0.3) is 0 Å². The van der Waals surface area contributed by atoms with Crippen molar-refractivity contribution in [1.29, 1.82) is 0 Å².